The first-order valence-electron chi connectivity index (χ1n) is 10.9. The zero-order chi connectivity index (χ0) is 25.0. The molecule has 0 aromatic heterocycles. The highest BCUT2D eigenvalue weighted by atomic mass is 19.1. The molecule has 0 aliphatic carbocycles. The molecule has 0 aliphatic heterocycles. The molecule has 1 N–H and O–H groups in total. The lowest BCUT2D eigenvalue weighted by molar-refractivity contribution is 0.0531. The van der Waals surface area contributed by atoms with Gasteiger partial charge in [0, 0.05) is 31.2 Å². The number of halogens is 1. The summed E-state index contributed by atoms with van der Waals surface area (Å²) in [6.45, 7) is 6.04. The Kier molecular flexibility index (Phi) is 10.5. The number of ether oxygens (including phenoxy) is 4. The Balaban J connectivity index is 1.84. The van der Waals surface area contributed by atoms with E-state index in [1.165, 1.54) is 0 Å². The fourth-order valence-electron chi connectivity index (χ4n) is 2.81. The van der Waals surface area contributed by atoms with Crippen molar-refractivity contribution in [1.82, 2.24) is 5.32 Å². The van der Waals surface area contributed by atoms with Crippen LogP contribution in [0, 0.1) is 0 Å². The van der Waals surface area contributed by atoms with Gasteiger partial charge in [-0.2, -0.15) is 0 Å². The molecule has 2 aromatic carbocycles. The first-order valence-corrected chi connectivity index (χ1v) is 10.9. The van der Waals surface area contributed by atoms with Crippen LogP contribution < -0.4 is 14.8 Å². The summed E-state index contributed by atoms with van der Waals surface area (Å²) in [5.74, 6) is 1.11. The van der Waals surface area contributed by atoms with Gasteiger partial charge in [0.15, 0.2) is 5.78 Å². The first kappa shape index (κ1) is 26.9. The third kappa shape index (κ3) is 10.0. The molecule has 0 unspecified atom stereocenters. The van der Waals surface area contributed by atoms with Crippen LogP contribution in [0.2, 0.25) is 0 Å². The third-order valence-electron chi connectivity index (χ3n) is 4.43. The predicted octanol–water partition coefficient (Wildman–Crippen LogP) is 4.89. The maximum Gasteiger partial charge on any atom is 0.407 e. The summed E-state index contributed by atoms with van der Waals surface area (Å²) in [5, 5.41) is 2.48. The van der Waals surface area contributed by atoms with Crippen LogP contribution in [0.3, 0.4) is 0 Å². The van der Waals surface area contributed by atoms with E-state index in [-0.39, 0.29) is 30.9 Å². The Morgan fingerprint density at radius 2 is 1.74 bits per heavy atom. The Morgan fingerprint density at radius 3 is 2.38 bits per heavy atom. The summed E-state index contributed by atoms with van der Waals surface area (Å²) < 4.78 is 34.4. The molecule has 1 amide bonds. The second-order valence-corrected chi connectivity index (χ2v) is 8.52. The monoisotopic (exact) mass is 473 g/mol. The minimum absolute atomic E-state index is 0.0454. The van der Waals surface area contributed by atoms with Crippen molar-refractivity contribution in [2.24, 2.45) is 0 Å². The topological polar surface area (TPSA) is 83.1 Å². The fourth-order valence-corrected chi connectivity index (χ4v) is 2.81. The number of amides is 1. The van der Waals surface area contributed by atoms with Crippen LogP contribution in [0.15, 0.2) is 60.4 Å². The highest BCUT2D eigenvalue weighted by Gasteiger charge is 2.16. The van der Waals surface area contributed by atoms with E-state index in [4.69, 9.17) is 18.9 Å². The van der Waals surface area contributed by atoms with E-state index < -0.39 is 11.7 Å². The van der Waals surface area contributed by atoms with Crippen molar-refractivity contribution in [3.05, 3.63) is 71.6 Å². The zero-order valence-corrected chi connectivity index (χ0v) is 20.1. The van der Waals surface area contributed by atoms with Gasteiger partial charge in [-0.3, -0.25) is 4.79 Å². The van der Waals surface area contributed by atoms with E-state index in [2.05, 4.69) is 5.32 Å². The summed E-state index contributed by atoms with van der Waals surface area (Å²) in [6.07, 6.45) is -0.0171. The van der Waals surface area contributed by atoms with E-state index in [0.29, 0.717) is 36.6 Å². The number of hydrogen-bond acceptors (Lipinski definition) is 6. The minimum Gasteiger partial charge on any atom is -0.491 e. The highest BCUT2D eigenvalue weighted by Crippen LogP contribution is 2.18. The molecule has 7 nitrogen and oxygen atoms in total. The summed E-state index contributed by atoms with van der Waals surface area (Å²) in [6, 6.07) is 14.0. The van der Waals surface area contributed by atoms with Gasteiger partial charge in [-0.05, 0) is 62.7 Å². The minimum atomic E-state index is -0.639. The number of rotatable bonds is 12. The summed E-state index contributed by atoms with van der Waals surface area (Å²) in [4.78, 5) is 24.3. The van der Waals surface area contributed by atoms with E-state index in [1.807, 2.05) is 24.3 Å². The van der Waals surface area contributed by atoms with Crippen molar-refractivity contribution in [2.45, 2.75) is 32.8 Å². The number of Topliss-reactive ketones (excluding diaryl/α,β-unsaturated/α-hetero) is 1. The number of alkyl carbamates (subject to hydrolysis) is 1. The van der Waals surface area contributed by atoms with E-state index >= 15 is 0 Å². The Morgan fingerprint density at radius 1 is 1.00 bits per heavy atom. The van der Waals surface area contributed by atoms with Crippen molar-refractivity contribution in [3.8, 4) is 11.5 Å². The molecule has 0 aliphatic rings. The second-order valence-electron chi connectivity index (χ2n) is 8.52. The van der Waals surface area contributed by atoms with E-state index in [1.54, 1.807) is 52.1 Å². The fraction of sp³-hybridized carbons (Fsp3) is 0.385. The van der Waals surface area contributed by atoms with Crippen LogP contribution in [0.1, 0.15) is 36.7 Å². The molecular weight excluding hydrogens is 441 g/mol. The molecule has 0 atom stereocenters. The lowest BCUT2D eigenvalue weighted by Gasteiger charge is -2.20. The number of carbonyl (C=O) groups excluding carboxylic acids is 2. The van der Waals surface area contributed by atoms with Crippen LogP contribution in [-0.4, -0.2) is 51.0 Å². The zero-order valence-electron chi connectivity index (χ0n) is 20.1. The van der Waals surface area contributed by atoms with Gasteiger partial charge >= 0.3 is 6.09 Å². The largest absolute Gasteiger partial charge is 0.491 e. The van der Waals surface area contributed by atoms with Crippen LogP contribution >= 0.6 is 0 Å². The molecule has 8 heteroatoms. The quantitative estimate of drug-likeness (QED) is 0.349. The standard InChI is InChI=1S/C26H32FNO6/c1-26(2,3)34-25(30)28-17-20(16-27)18-33-22-10-8-21(9-11-22)24(29)15-19-6-5-7-23(14-19)32-13-12-31-4/h5-11,14,16H,12-13,15,17-18H2,1-4H3,(H,28,30). The van der Waals surface area contributed by atoms with Gasteiger partial charge in [-0.25, -0.2) is 9.18 Å². The molecule has 2 aromatic rings. The van der Waals surface area contributed by atoms with Gasteiger partial charge in [-0.1, -0.05) is 12.1 Å². The SMILES string of the molecule is COCCOc1cccc(CC(=O)c2ccc(OCC(=CF)CNC(=O)OC(C)(C)C)cc2)c1. The lowest BCUT2D eigenvalue weighted by Crippen LogP contribution is -2.34. The molecule has 0 bridgehead atoms. The second kappa shape index (κ2) is 13.3. The first-order chi connectivity index (χ1) is 16.2. The van der Waals surface area contributed by atoms with E-state index in [9.17, 15) is 14.0 Å². The summed E-state index contributed by atoms with van der Waals surface area (Å²) >= 11 is 0. The Hall–Kier alpha value is -3.39. The van der Waals surface area contributed by atoms with Gasteiger partial charge in [0.1, 0.15) is 30.3 Å². The number of benzene rings is 2. The summed E-state index contributed by atoms with van der Waals surface area (Å²) in [7, 11) is 1.61. The van der Waals surface area contributed by atoms with Gasteiger partial charge in [0.05, 0.1) is 12.9 Å². The van der Waals surface area contributed by atoms with Crippen LogP contribution in [0.25, 0.3) is 0 Å². The summed E-state index contributed by atoms with van der Waals surface area (Å²) in [5.41, 5.74) is 0.972. The van der Waals surface area contributed by atoms with Crippen LogP contribution in [-0.2, 0) is 15.9 Å². The van der Waals surface area contributed by atoms with Gasteiger partial charge < -0.3 is 24.3 Å². The number of hydrogen-bond donors (Lipinski definition) is 1. The van der Waals surface area contributed by atoms with Crippen molar-refractivity contribution in [1.29, 1.82) is 0 Å². The highest BCUT2D eigenvalue weighted by molar-refractivity contribution is 5.97. The van der Waals surface area contributed by atoms with Crippen molar-refractivity contribution in [2.75, 3.05) is 33.5 Å². The van der Waals surface area contributed by atoms with Gasteiger partial charge in [0.2, 0.25) is 0 Å². The number of carbonyl (C=O) groups is 2. The maximum atomic E-state index is 13.1. The molecule has 0 radical (unpaired) electrons. The molecule has 34 heavy (non-hydrogen) atoms. The Labute approximate surface area is 199 Å². The molecule has 2 rings (SSSR count). The number of methoxy groups -OCH3 is 1. The average Bonchev–Trinajstić information content (AvgIpc) is 2.79. The molecule has 0 spiro atoms. The van der Waals surface area contributed by atoms with E-state index in [0.717, 1.165) is 5.56 Å². The normalized spacial score (nSPS) is 11.6. The van der Waals surface area contributed by atoms with Gasteiger partial charge in [-0.15, -0.1) is 0 Å². The molecular formula is C26H32FNO6. The molecule has 0 heterocycles. The van der Waals surface area contributed by atoms with Crippen LogP contribution in [0.4, 0.5) is 9.18 Å². The predicted molar refractivity (Wildman–Crippen MR) is 127 cm³/mol. The third-order valence-corrected chi connectivity index (χ3v) is 4.43. The van der Waals surface area contributed by atoms with Crippen molar-refractivity contribution < 1.29 is 32.9 Å². The molecule has 184 valence electrons. The average molecular weight is 474 g/mol. The molecule has 0 saturated carbocycles. The smallest absolute Gasteiger partial charge is 0.407 e. The number of ketones is 1. The Bertz CT molecular complexity index is 966. The molecule has 0 saturated heterocycles. The number of nitrogens with one attached hydrogen (secondary N) is 1. The maximum absolute atomic E-state index is 13.1. The van der Waals surface area contributed by atoms with Gasteiger partial charge in [0.25, 0.3) is 0 Å². The van der Waals surface area contributed by atoms with Crippen molar-refractivity contribution in [3.63, 3.8) is 0 Å². The molecule has 0 fully saturated rings. The van der Waals surface area contributed by atoms with Crippen LogP contribution in [0.5, 0.6) is 11.5 Å². The van der Waals surface area contributed by atoms with Crippen molar-refractivity contribution >= 4 is 11.9 Å². The lowest BCUT2D eigenvalue weighted by atomic mass is 10.0.